The molecule has 1 fully saturated rings. The number of nitrogens with one attached hydrogen (secondary N) is 1. The first-order valence-electron chi connectivity index (χ1n) is 10.8. The number of carbonyl (C=O) groups is 2. The van der Waals surface area contributed by atoms with Crippen molar-refractivity contribution >= 4 is 17.6 Å². The van der Waals surface area contributed by atoms with Crippen LogP contribution in [0.25, 0.3) is 0 Å². The Balaban J connectivity index is 1.32. The highest BCUT2D eigenvalue weighted by atomic mass is 19.1. The summed E-state index contributed by atoms with van der Waals surface area (Å²) in [5.74, 6) is 0.0314. The SMILES string of the molecule is N#Cc1ccccc1COc1cccc(C(=O)N2CCN(C(=O)Nc3ccc(F)cc3)CC2)c1. The van der Waals surface area contributed by atoms with Crippen LogP contribution in [0, 0.1) is 17.1 Å². The average molecular weight is 458 g/mol. The maximum Gasteiger partial charge on any atom is 0.321 e. The zero-order valence-electron chi connectivity index (χ0n) is 18.4. The monoisotopic (exact) mass is 458 g/mol. The molecule has 1 saturated heterocycles. The Labute approximate surface area is 197 Å². The van der Waals surface area contributed by atoms with Gasteiger partial charge in [-0.25, -0.2) is 9.18 Å². The second kappa shape index (κ2) is 10.5. The van der Waals surface area contributed by atoms with Gasteiger partial charge in [0.2, 0.25) is 0 Å². The number of ether oxygens (including phenoxy) is 1. The van der Waals surface area contributed by atoms with Crippen molar-refractivity contribution in [2.45, 2.75) is 6.61 Å². The molecule has 3 aromatic carbocycles. The summed E-state index contributed by atoms with van der Waals surface area (Å²) in [6.45, 7) is 1.80. The molecule has 0 unspecified atom stereocenters. The van der Waals surface area contributed by atoms with Crippen molar-refractivity contribution < 1.29 is 18.7 Å². The van der Waals surface area contributed by atoms with Gasteiger partial charge >= 0.3 is 6.03 Å². The van der Waals surface area contributed by atoms with Crippen molar-refractivity contribution in [3.05, 3.63) is 95.3 Å². The lowest BCUT2D eigenvalue weighted by Gasteiger charge is -2.34. The number of piperazine rings is 1. The summed E-state index contributed by atoms with van der Waals surface area (Å²) in [4.78, 5) is 28.8. The molecule has 0 aromatic heterocycles. The molecule has 7 nitrogen and oxygen atoms in total. The summed E-state index contributed by atoms with van der Waals surface area (Å²) in [5.41, 5.74) is 2.34. The number of nitriles is 1. The van der Waals surface area contributed by atoms with Crippen molar-refractivity contribution in [1.29, 1.82) is 5.26 Å². The van der Waals surface area contributed by atoms with Crippen LogP contribution in [0.15, 0.2) is 72.8 Å². The lowest BCUT2D eigenvalue weighted by molar-refractivity contribution is 0.0671. The largest absolute Gasteiger partial charge is 0.489 e. The second-order valence-corrected chi connectivity index (χ2v) is 7.80. The zero-order chi connectivity index (χ0) is 23.9. The van der Waals surface area contributed by atoms with E-state index in [0.29, 0.717) is 48.7 Å². The highest BCUT2D eigenvalue weighted by Crippen LogP contribution is 2.19. The van der Waals surface area contributed by atoms with Crippen LogP contribution in [0.1, 0.15) is 21.5 Å². The predicted molar refractivity (Wildman–Crippen MR) is 125 cm³/mol. The smallest absolute Gasteiger partial charge is 0.321 e. The van der Waals surface area contributed by atoms with E-state index in [2.05, 4.69) is 11.4 Å². The molecule has 0 bridgehead atoms. The number of urea groups is 1. The molecule has 0 atom stereocenters. The van der Waals surface area contributed by atoms with Gasteiger partial charge in [-0.3, -0.25) is 4.79 Å². The molecule has 3 aromatic rings. The third-order valence-corrected chi connectivity index (χ3v) is 5.56. The quantitative estimate of drug-likeness (QED) is 0.619. The standard InChI is InChI=1S/C26H23FN4O3/c27-22-8-10-23(11-9-22)29-26(33)31-14-12-30(13-15-31)25(32)19-6-3-7-24(16-19)34-18-21-5-2-1-4-20(21)17-28/h1-11,16H,12-15,18H2,(H,29,33). The van der Waals surface area contributed by atoms with Crippen LogP contribution in [-0.4, -0.2) is 47.9 Å². The van der Waals surface area contributed by atoms with E-state index in [1.807, 2.05) is 12.1 Å². The molecule has 1 aliphatic rings. The van der Waals surface area contributed by atoms with Gasteiger partial charge < -0.3 is 19.9 Å². The Morgan fingerprint density at radius 3 is 2.38 bits per heavy atom. The number of hydrogen-bond acceptors (Lipinski definition) is 4. The fourth-order valence-corrected chi connectivity index (χ4v) is 3.67. The van der Waals surface area contributed by atoms with Crippen LogP contribution in [0.2, 0.25) is 0 Å². The molecule has 0 aliphatic carbocycles. The van der Waals surface area contributed by atoms with Crippen LogP contribution < -0.4 is 10.1 Å². The Morgan fingerprint density at radius 1 is 0.941 bits per heavy atom. The molecule has 172 valence electrons. The van der Waals surface area contributed by atoms with Gasteiger partial charge in [0, 0.05) is 43.0 Å². The maximum absolute atomic E-state index is 13.0. The Hall–Kier alpha value is -4.38. The molecule has 34 heavy (non-hydrogen) atoms. The summed E-state index contributed by atoms with van der Waals surface area (Å²) in [6, 6.07) is 21.6. The molecule has 4 rings (SSSR count). The van der Waals surface area contributed by atoms with Crippen molar-refractivity contribution in [3.63, 3.8) is 0 Å². The van der Waals surface area contributed by atoms with E-state index < -0.39 is 0 Å². The minimum atomic E-state index is -0.369. The summed E-state index contributed by atoms with van der Waals surface area (Å²) in [5, 5.41) is 12.0. The Kier molecular flexibility index (Phi) is 7.04. The minimum Gasteiger partial charge on any atom is -0.489 e. The van der Waals surface area contributed by atoms with Crippen molar-refractivity contribution in [2.75, 3.05) is 31.5 Å². The van der Waals surface area contributed by atoms with E-state index in [-0.39, 0.29) is 24.4 Å². The fourth-order valence-electron chi connectivity index (χ4n) is 3.67. The van der Waals surface area contributed by atoms with Gasteiger partial charge in [0.25, 0.3) is 5.91 Å². The molecule has 1 heterocycles. The molecule has 3 amide bonds. The maximum atomic E-state index is 13.0. The Bertz CT molecular complexity index is 1220. The number of rotatable bonds is 5. The zero-order valence-corrected chi connectivity index (χ0v) is 18.4. The number of benzene rings is 3. The van der Waals surface area contributed by atoms with Gasteiger partial charge in [0.1, 0.15) is 18.2 Å². The molecule has 0 saturated carbocycles. The summed E-state index contributed by atoms with van der Waals surface area (Å²) < 4.78 is 18.9. The van der Waals surface area contributed by atoms with E-state index in [9.17, 15) is 19.2 Å². The highest BCUT2D eigenvalue weighted by molar-refractivity contribution is 5.95. The number of carbonyl (C=O) groups excluding carboxylic acids is 2. The predicted octanol–water partition coefficient (Wildman–Crippen LogP) is 4.27. The molecule has 8 heteroatoms. The average Bonchev–Trinajstić information content (AvgIpc) is 2.88. The van der Waals surface area contributed by atoms with Gasteiger partial charge in [-0.2, -0.15) is 5.26 Å². The van der Waals surface area contributed by atoms with Crippen LogP contribution in [0.5, 0.6) is 5.75 Å². The number of nitrogens with zero attached hydrogens (tertiary/aromatic N) is 3. The van der Waals surface area contributed by atoms with Crippen LogP contribution in [0.3, 0.4) is 0 Å². The molecular weight excluding hydrogens is 435 g/mol. The number of amides is 3. The lowest BCUT2D eigenvalue weighted by Crippen LogP contribution is -2.51. The van der Waals surface area contributed by atoms with E-state index in [1.54, 1.807) is 46.2 Å². The normalized spacial score (nSPS) is 13.2. The van der Waals surface area contributed by atoms with Crippen molar-refractivity contribution in [2.24, 2.45) is 0 Å². The third kappa shape index (κ3) is 5.51. The van der Waals surface area contributed by atoms with Gasteiger partial charge in [0.15, 0.2) is 0 Å². The first-order chi connectivity index (χ1) is 16.5. The number of halogens is 1. The third-order valence-electron chi connectivity index (χ3n) is 5.56. The van der Waals surface area contributed by atoms with Crippen molar-refractivity contribution in [1.82, 2.24) is 9.80 Å². The fraction of sp³-hybridized carbons (Fsp3) is 0.192. The van der Waals surface area contributed by atoms with Gasteiger partial charge in [0.05, 0.1) is 11.6 Å². The van der Waals surface area contributed by atoms with Gasteiger partial charge in [-0.1, -0.05) is 24.3 Å². The van der Waals surface area contributed by atoms with Crippen LogP contribution in [-0.2, 0) is 6.61 Å². The number of hydrogen-bond donors (Lipinski definition) is 1. The topological polar surface area (TPSA) is 85.7 Å². The molecule has 1 N–H and O–H groups in total. The van der Waals surface area contributed by atoms with E-state index in [4.69, 9.17) is 4.74 Å². The summed E-state index contributed by atoms with van der Waals surface area (Å²) in [7, 11) is 0. The first-order valence-corrected chi connectivity index (χ1v) is 10.8. The van der Waals surface area contributed by atoms with E-state index in [0.717, 1.165) is 5.56 Å². The first kappa shape index (κ1) is 22.8. The molecule has 0 radical (unpaired) electrons. The van der Waals surface area contributed by atoms with Crippen LogP contribution in [0.4, 0.5) is 14.9 Å². The van der Waals surface area contributed by atoms with Gasteiger partial charge in [-0.15, -0.1) is 0 Å². The lowest BCUT2D eigenvalue weighted by atomic mass is 10.1. The molecular formula is C26H23FN4O3. The Morgan fingerprint density at radius 2 is 1.65 bits per heavy atom. The van der Waals surface area contributed by atoms with Crippen molar-refractivity contribution in [3.8, 4) is 11.8 Å². The van der Waals surface area contributed by atoms with Gasteiger partial charge in [-0.05, 0) is 48.5 Å². The molecule has 0 spiro atoms. The van der Waals surface area contributed by atoms with Crippen LogP contribution >= 0.6 is 0 Å². The molecule has 1 aliphatic heterocycles. The van der Waals surface area contributed by atoms with E-state index >= 15 is 0 Å². The minimum absolute atomic E-state index is 0.138. The number of anilines is 1. The summed E-state index contributed by atoms with van der Waals surface area (Å²) >= 11 is 0. The second-order valence-electron chi connectivity index (χ2n) is 7.80. The summed E-state index contributed by atoms with van der Waals surface area (Å²) in [6.07, 6.45) is 0. The highest BCUT2D eigenvalue weighted by Gasteiger charge is 2.25. The van der Waals surface area contributed by atoms with E-state index in [1.165, 1.54) is 24.3 Å².